The van der Waals surface area contributed by atoms with Crippen LogP contribution in [0, 0.1) is 13.8 Å². The van der Waals surface area contributed by atoms with Crippen LogP contribution in [0.1, 0.15) is 28.8 Å². The molecule has 0 aliphatic rings. The molecular formula is C12H16N2O3S2. The molecule has 0 atom stereocenters. The monoisotopic (exact) mass is 300 g/mol. The van der Waals surface area contributed by atoms with E-state index in [0.29, 0.717) is 15.7 Å². The molecule has 19 heavy (non-hydrogen) atoms. The van der Waals surface area contributed by atoms with E-state index in [-0.39, 0.29) is 6.54 Å². The molecular weight excluding hydrogens is 284 g/mol. The minimum absolute atomic E-state index is 0.197. The van der Waals surface area contributed by atoms with Gasteiger partial charge in [-0.25, -0.2) is 13.1 Å². The Morgan fingerprint density at radius 1 is 1.37 bits per heavy atom. The Morgan fingerprint density at radius 3 is 2.63 bits per heavy atom. The van der Waals surface area contributed by atoms with E-state index in [1.165, 1.54) is 11.3 Å². The van der Waals surface area contributed by atoms with Crippen molar-refractivity contribution >= 4 is 21.4 Å². The molecule has 0 radical (unpaired) electrons. The first-order chi connectivity index (χ1) is 8.94. The van der Waals surface area contributed by atoms with Crippen molar-refractivity contribution in [3.63, 3.8) is 0 Å². The van der Waals surface area contributed by atoms with Crippen LogP contribution in [0.5, 0.6) is 0 Å². The SMILES string of the molecule is CCc1ccc(S(=O)(=O)NCc2c(C)noc2C)s1. The largest absolute Gasteiger partial charge is 0.361 e. The van der Waals surface area contributed by atoms with Gasteiger partial charge in [-0.05, 0) is 32.4 Å². The number of hydrogen-bond donors (Lipinski definition) is 1. The summed E-state index contributed by atoms with van der Waals surface area (Å²) in [6.45, 7) is 5.76. The van der Waals surface area contributed by atoms with E-state index in [1.54, 1.807) is 19.9 Å². The predicted octanol–water partition coefficient (Wildman–Crippen LogP) is 2.39. The molecule has 2 aromatic rings. The summed E-state index contributed by atoms with van der Waals surface area (Å²) >= 11 is 1.30. The van der Waals surface area contributed by atoms with Crippen molar-refractivity contribution in [3.05, 3.63) is 34.0 Å². The van der Waals surface area contributed by atoms with Gasteiger partial charge in [0.25, 0.3) is 0 Å². The molecule has 2 aromatic heterocycles. The van der Waals surface area contributed by atoms with E-state index in [1.807, 2.05) is 13.0 Å². The summed E-state index contributed by atoms with van der Waals surface area (Å²) in [5, 5.41) is 3.80. The van der Waals surface area contributed by atoms with Crippen molar-refractivity contribution in [2.24, 2.45) is 0 Å². The van der Waals surface area contributed by atoms with Gasteiger partial charge in [0.05, 0.1) is 5.69 Å². The molecule has 104 valence electrons. The molecule has 2 heterocycles. The van der Waals surface area contributed by atoms with Crippen molar-refractivity contribution in [2.75, 3.05) is 0 Å². The third-order valence-corrected chi connectivity index (χ3v) is 5.99. The lowest BCUT2D eigenvalue weighted by atomic mass is 10.2. The minimum atomic E-state index is -3.46. The van der Waals surface area contributed by atoms with Crippen LogP contribution in [-0.4, -0.2) is 13.6 Å². The second-order valence-electron chi connectivity index (χ2n) is 4.20. The number of thiophene rings is 1. The standard InChI is InChI=1S/C12H16N2O3S2/c1-4-10-5-6-12(18-10)19(15,16)13-7-11-8(2)14-17-9(11)3/h5-6,13H,4,7H2,1-3H3. The lowest BCUT2D eigenvalue weighted by Crippen LogP contribution is -2.22. The number of hydrogen-bond acceptors (Lipinski definition) is 5. The highest BCUT2D eigenvalue weighted by molar-refractivity contribution is 7.91. The van der Waals surface area contributed by atoms with E-state index in [9.17, 15) is 8.42 Å². The summed E-state index contributed by atoms with van der Waals surface area (Å²) in [5.41, 5.74) is 1.50. The van der Waals surface area contributed by atoms with Gasteiger partial charge in [0, 0.05) is 17.0 Å². The van der Waals surface area contributed by atoms with Crippen LogP contribution in [0.4, 0.5) is 0 Å². The zero-order valence-electron chi connectivity index (χ0n) is 11.1. The molecule has 2 rings (SSSR count). The molecule has 0 amide bonds. The number of rotatable bonds is 5. The number of nitrogens with zero attached hydrogens (tertiary/aromatic N) is 1. The number of sulfonamides is 1. The topological polar surface area (TPSA) is 72.2 Å². The summed E-state index contributed by atoms with van der Waals surface area (Å²) in [7, 11) is -3.46. The average Bonchev–Trinajstić information content (AvgIpc) is 2.96. The molecule has 7 heteroatoms. The van der Waals surface area contributed by atoms with Crippen molar-refractivity contribution < 1.29 is 12.9 Å². The van der Waals surface area contributed by atoms with E-state index < -0.39 is 10.0 Å². The Balaban J connectivity index is 2.14. The fourth-order valence-electron chi connectivity index (χ4n) is 1.69. The Labute approximate surface area is 116 Å². The lowest BCUT2D eigenvalue weighted by molar-refractivity contribution is 0.392. The highest BCUT2D eigenvalue weighted by Crippen LogP contribution is 2.22. The van der Waals surface area contributed by atoms with Crippen LogP contribution in [-0.2, 0) is 23.0 Å². The third-order valence-electron chi connectivity index (χ3n) is 2.87. The van der Waals surface area contributed by atoms with E-state index >= 15 is 0 Å². The first kappa shape index (κ1) is 14.2. The molecule has 0 aliphatic carbocycles. The average molecular weight is 300 g/mol. The Hall–Kier alpha value is -1.18. The summed E-state index contributed by atoms with van der Waals surface area (Å²) < 4.78 is 32.2. The fraction of sp³-hybridized carbons (Fsp3) is 0.417. The summed E-state index contributed by atoms with van der Waals surface area (Å²) in [6, 6.07) is 3.48. The zero-order valence-corrected chi connectivity index (χ0v) is 12.7. The summed E-state index contributed by atoms with van der Waals surface area (Å²) in [5.74, 6) is 0.639. The van der Waals surface area contributed by atoms with E-state index in [4.69, 9.17) is 4.52 Å². The maximum Gasteiger partial charge on any atom is 0.250 e. The van der Waals surface area contributed by atoms with Crippen LogP contribution in [0.25, 0.3) is 0 Å². The van der Waals surface area contributed by atoms with Gasteiger partial charge in [-0.3, -0.25) is 0 Å². The fourth-order valence-corrected chi connectivity index (χ4v) is 4.02. The van der Waals surface area contributed by atoms with Gasteiger partial charge in [0.2, 0.25) is 10.0 Å². The molecule has 0 spiro atoms. The Morgan fingerprint density at radius 2 is 2.11 bits per heavy atom. The van der Waals surface area contributed by atoms with Crippen molar-refractivity contribution in [1.29, 1.82) is 0 Å². The van der Waals surface area contributed by atoms with Crippen LogP contribution in [0.15, 0.2) is 20.9 Å². The molecule has 0 aliphatic heterocycles. The lowest BCUT2D eigenvalue weighted by Gasteiger charge is -2.04. The van der Waals surface area contributed by atoms with Gasteiger partial charge in [-0.15, -0.1) is 11.3 Å². The smallest absolute Gasteiger partial charge is 0.250 e. The van der Waals surface area contributed by atoms with Gasteiger partial charge in [0.15, 0.2) is 0 Å². The molecule has 0 bridgehead atoms. The van der Waals surface area contributed by atoms with Crippen LogP contribution in [0.2, 0.25) is 0 Å². The van der Waals surface area contributed by atoms with Crippen molar-refractivity contribution in [1.82, 2.24) is 9.88 Å². The highest BCUT2D eigenvalue weighted by atomic mass is 32.2. The number of aromatic nitrogens is 1. The quantitative estimate of drug-likeness (QED) is 0.920. The zero-order chi connectivity index (χ0) is 14.0. The molecule has 0 fully saturated rings. The second-order valence-corrected chi connectivity index (χ2v) is 7.36. The Bertz CT molecular complexity index is 651. The summed E-state index contributed by atoms with van der Waals surface area (Å²) in [6.07, 6.45) is 0.837. The third kappa shape index (κ3) is 3.05. The van der Waals surface area contributed by atoms with Crippen LogP contribution < -0.4 is 4.72 Å². The normalized spacial score (nSPS) is 11.9. The molecule has 0 unspecified atom stereocenters. The van der Waals surface area contributed by atoms with Crippen molar-refractivity contribution in [3.8, 4) is 0 Å². The maximum absolute atomic E-state index is 12.1. The second kappa shape index (κ2) is 5.44. The van der Waals surface area contributed by atoms with E-state index in [2.05, 4.69) is 9.88 Å². The Kier molecular flexibility index (Phi) is 4.07. The molecule has 0 saturated heterocycles. The maximum atomic E-state index is 12.1. The molecule has 0 saturated carbocycles. The van der Waals surface area contributed by atoms with Gasteiger partial charge in [-0.2, -0.15) is 0 Å². The first-order valence-corrected chi connectivity index (χ1v) is 8.24. The van der Waals surface area contributed by atoms with Gasteiger partial charge in [0.1, 0.15) is 9.97 Å². The van der Waals surface area contributed by atoms with Gasteiger partial charge < -0.3 is 4.52 Å². The minimum Gasteiger partial charge on any atom is -0.361 e. The number of aryl methyl sites for hydroxylation is 3. The predicted molar refractivity (Wildman–Crippen MR) is 73.7 cm³/mol. The number of nitrogens with one attached hydrogen (secondary N) is 1. The summed E-state index contributed by atoms with van der Waals surface area (Å²) in [4.78, 5) is 1.05. The molecule has 5 nitrogen and oxygen atoms in total. The van der Waals surface area contributed by atoms with Gasteiger partial charge in [-0.1, -0.05) is 12.1 Å². The van der Waals surface area contributed by atoms with Crippen LogP contribution in [0.3, 0.4) is 0 Å². The van der Waals surface area contributed by atoms with Crippen molar-refractivity contribution in [2.45, 2.75) is 37.9 Å². The van der Waals surface area contributed by atoms with E-state index in [0.717, 1.165) is 16.9 Å². The van der Waals surface area contributed by atoms with Crippen LogP contribution >= 0.6 is 11.3 Å². The molecule has 1 N–H and O–H groups in total. The highest BCUT2D eigenvalue weighted by Gasteiger charge is 2.18. The first-order valence-electron chi connectivity index (χ1n) is 5.94. The molecule has 0 aromatic carbocycles. The van der Waals surface area contributed by atoms with Gasteiger partial charge >= 0.3 is 0 Å².